The molecule has 0 bridgehead atoms. The molecule has 16 heavy (non-hydrogen) atoms. The predicted octanol–water partition coefficient (Wildman–Crippen LogP) is 2.83. The maximum absolute atomic E-state index is 10.3. The molecule has 2 amide bonds. The van der Waals surface area contributed by atoms with E-state index in [1.165, 1.54) is 25.7 Å². The van der Waals surface area contributed by atoms with Crippen molar-refractivity contribution in [3.8, 4) is 0 Å². The SMILES string of the molecule is C.CCCC.NC(=O)NCC1CCCNC1.[HH].[HH].[HH]. The lowest BCUT2D eigenvalue weighted by Crippen LogP contribution is -2.39. The van der Waals surface area contributed by atoms with E-state index in [0.717, 1.165) is 13.1 Å². The second kappa shape index (κ2) is 12.3. The average Bonchev–Trinajstić information content (AvgIpc) is 2.28. The smallest absolute Gasteiger partial charge is 0.312 e. The van der Waals surface area contributed by atoms with Gasteiger partial charge in [-0.2, -0.15) is 0 Å². The van der Waals surface area contributed by atoms with Gasteiger partial charge in [-0.15, -0.1) is 0 Å². The summed E-state index contributed by atoms with van der Waals surface area (Å²) in [4.78, 5) is 10.3. The topological polar surface area (TPSA) is 67.2 Å². The molecule has 0 aromatic heterocycles. The number of piperidine rings is 1. The van der Waals surface area contributed by atoms with Gasteiger partial charge in [-0.05, 0) is 31.8 Å². The van der Waals surface area contributed by atoms with E-state index < -0.39 is 6.03 Å². The van der Waals surface area contributed by atoms with Crippen LogP contribution in [0.4, 0.5) is 4.79 Å². The van der Waals surface area contributed by atoms with Gasteiger partial charge in [-0.1, -0.05) is 34.1 Å². The molecule has 0 spiro atoms. The van der Waals surface area contributed by atoms with Gasteiger partial charge in [0.2, 0.25) is 0 Å². The summed E-state index contributed by atoms with van der Waals surface area (Å²) >= 11 is 0. The fraction of sp³-hybridized carbons (Fsp3) is 0.917. The fourth-order valence-corrected chi connectivity index (χ4v) is 1.34. The molecule has 1 heterocycles. The Balaban J connectivity index is -0.0000000735. The van der Waals surface area contributed by atoms with E-state index in [0.29, 0.717) is 12.5 Å². The number of nitrogens with one attached hydrogen (secondary N) is 2. The average molecular weight is 237 g/mol. The number of amides is 2. The van der Waals surface area contributed by atoms with Gasteiger partial charge >= 0.3 is 6.03 Å². The molecule has 4 nitrogen and oxygen atoms in total. The highest BCUT2D eigenvalue weighted by Gasteiger charge is 2.12. The molecule has 1 unspecified atom stereocenters. The minimum absolute atomic E-state index is 0. The van der Waals surface area contributed by atoms with Gasteiger partial charge in [0, 0.05) is 10.8 Å². The Bertz CT molecular complexity index is 166. The van der Waals surface area contributed by atoms with Crippen LogP contribution in [-0.2, 0) is 0 Å². The third-order valence-electron chi connectivity index (χ3n) is 2.46. The first-order valence-electron chi connectivity index (χ1n) is 5.94. The van der Waals surface area contributed by atoms with Crippen molar-refractivity contribution < 1.29 is 9.07 Å². The molecule has 0 radical (unpaired) electrons. The number of carbonyl (C=O) groups is 1. The van der Waals surface area contributed by atoms with Crippen molar-refractivity contribution in [3.63, 3.8) is 0 Å². The minimum atomic E-state index is -0.421. The largest absolute Gasteiger partial charge is 0.352 e. The van der Waals surface area contributed by atoms with Crippen LogP contribution in [0.3, 0.4) is 0 Å². The Hall–Kier alpha value is -0.770. The predicted molar refractivity (Wildman–Crippen MR) is 76.8 cm³/mol. The van der Waals surface area contributed by atoms with Crippen LogP contribution in [-0.4, -0.2) is 25.7 Å². The normalized spacial score (nSPS) is 18.8. The van der Waals surface area contributed by atoms with Crippen molar-refractivity contribution in [2.24, 2.45) is 11.7 Å². The number of carbonyl (C=O) groups excluding carboxylic acids is 1. The quantitative estimate of drug-likeness (QED) is 0.706. The van der Waals surface area contributed by atoms with E-state index in [1.54, 1.807) is 0 Å². The van der Waals surface area contributed by atoms with Crippen molar-refractivity contribution in [3.05, 3.63) is 0 Å². The molecule has 1 atom stereocenters. The lowest BCUT2D eigenvalue weighted by molar-refractivity contribution is 0.245. The number of hydrogen-bond acceptors (Lipinski definition) is 2. The fourth-order valence-electron chi connectivity index (χ4n) is 1.34. The molecule has 4 N–H and O–H groups in total. The summed E-state index contributed by atoms with van der Waals surface area (Å²) in [7, 11) is 0. The standard InChI is InChI=1S/C7H15N3O.C4H10.CH4.3H2/c8-7(11)10-5-6-2-1-3-9-4-6;1-3-4-2;;;;/h6,9H,1-5H2,(H3,8,10,11);3-4H2,1-2H3;1H4;3*1H. The number of unbranched alkanes of at least 4 members (excludes halogenated alkanes) is 1. The number of rotatable bonds is 3. The first-order valence-corrected chi connectivity index (χ1v) is 5.94. The van der Waals surface area contributed by atoms with E-state index in [1.807, 2.05) is 0 Å². The highest BCUT2D eigenvalue weighted by atomic mass is 16.2. The molecule has 1 fully saturated rings. The third kappa shape index (κ3) is 11.3. The van der Waals surface area contributed by atoms with Crippen LogP contribution in [0.1, 0.15) is 51.2 Å². The summed E-state index contributed by atoms with van der Waals surface area (Å²) in [5.74, 6) is 0.566. The summed E-state index contributed by atoms with van der Waals surface area (Å²) in [6.07, 6.45) is 5.03. The van der Waals surface area contributed by atoms with Crippen molar-refractivity contribution in [1.29, 1.82) is 0 Å². The van der Waals surface area contributed by atoms with Crippen molar-refractivity contribution >= 4 is 6.03 Å². The molecular weight excluding hydrogens is 202 g/mol. The summed E-state index contributed by atoms with van der Waals surface area (Å²) < 4.78 is 0. The molecule has 0 aromatic rings. The van der Waals surface area contributed by atoms with Gasteiger partial charge in [-0.25, -0.2) is 4.79 Å². The van der Waals surface area contributed by atoms with Gasteiger partial charge < -0.3 is 16.4 Å². The lowest BCUT2D eigenvalue weighted by Gasteiger charge is -2.22. The molecule has 104 valence electrons. The molecule has 1 rings (SSSR count). The molecule has 0 saturated carbocycles. The Morgan fingerprint density at radius 3 is 2.50 bits per heavy atom. The maximum atomic E-state index is 10.3. The molecule has 1 aliphatic rings. The zero-order valence-electron chi connectivity index (χ0n) is 10.0. The van der Waals surface area contributed by atoms with Gasteiger partial charge in [0.25, 0.3) is 0 Å². The van der Waals surface area contributed by atoms with Crippen LogP contribution in [0.5, 0.6) is 0 Å². The van der Waals surface area contributed by atoms with E-state index >= 15 is 0 Å². The van der Waals surface area contributed by atoms with Crippen molar-refractivity contribution in [2.75, 3.05) is 19.6 Å². The van der Waals surface area contributed by atoms with Crippen LogP contribution < -0.4 is 16.4 Å². The van der Waals surface area contributed by atoms with Crippen molar-refractivity contribution in [2.45, 2.75) is 47.0 Å². The molecule has 0 aliphatic carbocycles. The Kier molecular flexibility index (Phi) is 13.5. The first kappa shape index (κ1) is 17.6. The molecule has 1 aliphatic heterocycles. The Labute approximate surface area is 105 Å². The van der Waals surface area contributed by atoms with Crippen LogP contribution in [0.2, 0.25) is 0 Å². The zero-order valence-corrected chi connectivity index (χ0v) is 10.0. The number of hydrogen-bond donors (Lipinski definition) is 3. The van der Waals surface area contributed by atoms with Crippen LogP contribution in [0, 0.1) is 5.92 Å². The number of primary amides is 1. The van der Waals surface area contributed by atoms with Crippen molar-refractivity contribution in [1.82, 2.24) is 10.6 Å². The minimum Gasteiger partial charge on any atom is -0.352 e. The number of urea groups is 1. The summed E-state index contributed by atoms with van der Waals surface area (Å²) in [5, 5.41) is 5.88. The molecular formula is C12H35N3O. The highest BCUT2D eigenvalue weighted by molar-refractivity contribution is 5.71. The third-order valence-corrected chi connectivity index (χ3v) is 2.46. The second-order valence-electron chi connectivity index (χ2n) is 3.96. The maximum Gasteiger partial charge on any atom is 0.312 e. The molecule has 4 heteroatoms. The van der Waals surface area contributed by atoms with E-state index in [-0.39, 0.29) is 11.7 Å². The van der Waals surface area contributed by atoms with Crippen LogP contribution >= 0.6 is 0 Å². The van der Waals surface area contributed by atoms with E-state index in [4.69, 9.17) is 5.73 Å². The second-order valence-corrected chi connectivity index (χ2v) is 3.96. The zero-order chi connectivity index (χ0) is 11.5. The Morgan fingerprint density at radius 2 is 2.12 bits per heavy atom. The monoisotopic (exact) mass is 237 g/mol. The van der Waals surface area contributed by atoms with Gasteiger partial charge in [0.1, 0.15) is 0 Å². The summed E-state index contributed by atoms with van der Waals surface area (Å²) in [5.41, 5.74) is 4.94. The molecule has 0 aromatic carbocycles. The van der Waals surface area contributed by atoms with Gasteiger partial charge in [-0.3, -0.25) is 0 Å². The van der Waals surface area contributed by atoms with Crippen LogP contribution in [0.15, 0.2) is 0 Å². The summed E-state index contributed by atoms with van der Waals surface area (Å²) in [6.45, 7) is 7.18. The van der Waals surface area contributed by atoms with E-state index in [9.17, 15) is 4.79 Å². The van der Waals surface area contributed by atoms with Crippen LogP contribution in [0.25, 0.3) is 0 Å². The summed E-state index contributed by atoms with van der Waals surface area (Å²) in [6, 6.07) is -0.421. The van der Waals surface area contributed by atoms with Gasteiger partial charge in [0.15, 0.2) is 0 Å². The highest BCUT2D eigenvalue weighted by Crippen LogP contribution is 2.07. The first-order chi connectivity index (χ1) is 7.20. The lowest BCUT2D eigenvalue weighted by atomic mass is 10.00. The number of nitrogens with two attached hydrogens (primary N) is 1. The van der Waals surface area contributed by atoms with Gasteiger partial charge in [0.05, 0.1) is 0 Å². The Morgan fingerprint density at radius 1 is 1.50 bits per heavy atom. The molecule has 1 saturated heterocycles. The van der Waals surface area contributed by atoms with E-state index in [2.05, 4.69) is 24.5 Å².